The second-order valence-electron chi connectivity index (χ2n) is 5.31. The van der Waals surface area contributed by atoms with E-state index in [2.05, 4.69) is 45.9 Å². The van der Waals surface area contributed by atoms with Gasteiger partial charge in [-0.3, -0.25) is 0 Å². The molecule has 0 aliphatic heterocycles. The van der Waals surface area contributed by atoms with Crippen LogP contribution >= 0.6 is 0 Å². The molecule has 0 saturated heterocycles. The number of rotatable bonds is 4. The molecule has 1 atom stereocenters. The van der Waals surface area contributed by atoms with Crippen LogP contribution in [0, 0.1) is 13.8 Å². The lowest BCUT2D eigenvalue weighted by atomic mass is 10.00. The molecule has 1 unspecified atom stereocenters. The summed E-state index contributed by atoms with van der Waals surface area (Å²) >= 11 is 0. The van der Waals surface area contributed by atoms with Crippen molar-refractivity contribution in [1.82, 2.24) is 0 Å². The number of hydrogen-bond donors (Lipinski definition) is 1. The van der Waals surface area contributed by atoms with Crippen molar-refractivity contribution < 1.29 is 4.74 Å². The maximum Gasteiger partial charge on any atom is 0.123 e. The zero-order valence-corrected chi connectivity index (χ0v) is 11.0. The Morgan fingerprint density at radius 1 is 1.31 bits per heavy atom. The zero-order valence-electron chi connectivity index (χ0n) is 11.0. The molecule has 0 radical (unpaired) electrons. The molecule has 0 aromatic heterocycles. The lowest BCUT2D eigenvalue weighted by molar-refractivity contribution is 0.0924. The van der Waals surface area contributed by atoms with Crippen molar-refractivity contribution in [3.8, 4) is 5.75 Å². The minimum absolute atomic E-state index is 0.153. The van der Waals surface area contributed by atoms with Crippen LogP contribution in [0.2, 0.25) is 0 Å². The third-order valence-electron chi connectivity index (χ3n) is 2.54. The largest absolute Gasteiger partial charge is 0.488 e. The summed E-state index contributed by atoms with van der Waals surface area (Å²) in [5.74, 6) is 0.964. The Bertz CT molecular complexity index is 356. The van der Waals surface area contributed by atoms with Crippen LogP contribution in [0.15, 0.2) is 18.2 Å². The van der Waals surface area contributed by atoms with Gasteiger partial charge in [0.1, 0.15) is 11.4 Å². The summed E-state index contributed by atoms with van der Waals surface area (Å²) in [5, 5.41) is 0. The number of ether oxygens (including phenoxy) is 1. The molecule has 1 aromatic rings. The average molecular weight is 221 g/mol. The summed E-state index contributed by atoms with van der Waals surface area (Å²) in [7, 11) is 0. The molecule has 0 bridgehead atoms. The monoisotopic (exact) mass is 221 g/mol. The van der Waals surface area contributed by atoms with Gasteiger partial charge in [-0.25, -0.2) is 0 Å². The van der Waals surface area contributed by atoms with Gasteiger partial charge >= 0.3 is 0 Å². The van der Waals surface area contributed by atoms with E-state index >= 15 is 0 Å². The summed E-state index contributed by atoms with van der Waals surface area (Å²) in [6.07, 6.45) is 0.848. The summed E-state index contributed by atoms with van der Waals surface area (Å²) in [6.45, 7) is 10.3. The molecule has 0 saturated carbocycles. The van der Waals surface area contributed by atoms with E-state index in [4.69, 9.17) is 10.5 Å². The lowest BCUT2D eigenvalue weighted by Crippen LogP contribution is -2.35. The van der Waals surface area contributed by atoms with Crippen molar-refractivity contribution >= 4 is 0 Å². The van der Waals surface area contributed by atoms with E-state index in [0.29, 0.717) is 0 Å². The van der Waals surface area contributed by atoms with Crippen LogP contribution in [0.3, 0.4) is 0 Å². The normalized spacial score (nSPS) is 13.6. The van der Waals surface area contributed by atoms with Gasteiger partial charge in [-0.15, -0.1) is 0 Å². The highest BCUT2D eigenvalue weighted by Crippen LogP contribution is 2.26. The van der Waals surface area contributed by atoms with Crippen LogP contribution in [0.5, 0.6) is 5.75 Å². The molecular weight excluding hydrogens is 198 g/mol. The fourth-order valence-electron chi connectivity index (χ4n) is 1.93. The van der Waals surface area contributed by atoms with Gasteiger partial charge in [-0.1, -0.05) is 12.1 Å². The van der Waals surface area contributed by atoms with E-state index in [0.717, 1.165) is 12.2 Å². The molecule has 2 nitrogen and oxygen atoms in total. The first-order chi connectivity index (χ1) is 7.30. The number of benzene rings is 1. The highest BCUT2D eigenvalue weighted by Gasteiger charge is 2.22. The van der Waals surface area contributed by atoms with Gasteiger partial charge < -0.3 is 10.5 Å². The Kier molecular flexibility index (Phi) is 3.98. The third kappa shape index (κ3) is 3.86. The van der Waals surface area contributed by atoms with E-state index in [1.165, 1.54) is 11.1 Å². The Hall–Kier alpha value is -1.02. The van der Waals surface area contributed by atoms with Crippen LogP contribution in [0.1, 0.15) is 38.3 Å². The molecule has 1 aromatic carbocycles. The predicted molar refractivity (Wildman–Crippen MR) is 68.9 cm³/mol. The van der Waals surface area contributed by atoms with Gasteiger partial charge in [-0.05, 0) is 51.8 Å². The van der Waals surface area contributed by atoms with Crippen LogP contribution < -0.4 is 10.5 Å². The molecule has 90 valence electrons. The summed E-state index contributed by atoms with van der Waals surface area (Å²) in [5.41, 5.74) is 7.99. The van der Waals surface area contributed by atoms with Gasteiger partial charge in [0, 0.05) is 12.5 Å². The lowest BCUT2D eigenvalue weighted by Gasteiger charge is -2.29. The SMILES string of the molecule is Cc1ccc(C)c(OC(C)(C)CC(C)N)c1. The quantitative estimate of drug-likeness (QED) is 0.847. The minimum Gasteiger partial charge on any atom is -0.488 e. The molecule has 0 heterocycles. The second kappa shape index (κ2) is 4.88. The molecule has 0 amide bonds. The van der Waals surface area contributed by atoms with Gasteiger partial charge in [0.25, 0.3) is 0 Å². The Morgan fingerprint density at radius 2 is 1.94 bits per heavy atom. The van der Waals surface area contributed by atoms with Crippen molar-refractivity contribution in [2.45, 2.75) is 52.7 Å². The fraction of sp³-hybridized carbons (Fsp3) is 0.571. The third-order valence-corrected chi connectivity index (χ3v) is 2.54. The van der Waals surface area contributed by atoms with Crippen molar-refractivity contribution in [2.75, 3.05) is 0 Å². The first kappa shape index (κ1) is 13.0. The first-order valence-electron chi connectivity index (χ1n) is 5.82. The van der Waals surface area contributed by atoms with E-state index < -0.39 is 0 Å². The number of aryl methyl sites for hydroxylation is 2. The van der Waals surface area contributed by atoms with E-state index in [9.17, 15) is 0 Å². The molecule has 1 rings (SSSR count). The Labute approximate surface area is 98.8 Å². The molecule has 0 fully saturated rings. The van der Waals surface area contributed by atoms with Gasteiger partial charge in [0.15, 0.2) is 0 Å². The maximum atomic E-state index is 6.04. The van der Waals surface area contributed by atoms with E-state index in [1.54, 1.807) is 0 Å². The van der Waals surface area contributed by atoms with E-state index in [-0.39, 0.29) is 11.6 Å². The fourth-order valence-corrected chi connectivity index (χ4v) is 1.93. The summed E-state index contributed by atoms with van der Waals surface area (Å²) < 4.78 is 6.04. The highest BCUT2D eigenvalue weighted by atomic mass is 16.5. The van der Waals surface area contributed by atoms with Gasteiger partial charge in [0.2, 0.25) is 0 Å². The number of hydrogen-bond acceptors (Lipinski definition) is 2. The van der Waals surface area contributed by atoms with E-state index in [1.807, 2.05) is 6.92 Å². The van der Waals surface area contributed by atoms with Crippen molar-refractivity contribution in [2.24, 2.45) is 5.73 Å². The first-order valence-corrected chi connectivity index (χ1v) is 5.82. The van der Waals surface area contributed by atoms with Crippen LogP contribution in [-0.4, -0.2) is 11.6 Å². The van der Waals surface area contributed by atoms with Crippen molar-refractivity contribution in [1.29, 1.82) is 0 Å². The molecular formula is C14H23NO. The predicted octanol–water partition coefficient (Wildman–Crippen LogP) is 3.20. The topological polar surface area (TPSA) is 35.2 Å². The molecule has 2 heteroatoms. The van der Waals surface area contributed by atoms with Crippen molar-refractivity contribution in [3.63, 3.8) is 0 Å². The average Bonchev–Trinajstić information content (AvgIpc) is 2.08. The smallest absolute Gasteiger partial charge is 0.123 e. The minimum atomic E-state index is -0.216. The summed E-state index contributed by atoms with van der Waals surface area (Å²) in [6, 6.07) is 6.42. The van der Waals surface area contributed by atoms with Crippen molar-refractivity contribution in [3.05, 3.63) is 29.3 Å². The Balaban J connectivity index is 2.82. The maximum absolute atomic E-state index is 6.04. The molecule has 0 aliphatic carbocycles. The van der Waals surface area contributed by atoms with Gasteiger partial charge in [0.05, 0.1) is 0 Å². The molecule has 0 spiro atoms. The van der Waals surface area contributed by atoms with Crippen LogP contribution in [0.4, 0.5) is 0 Å². The summed E-state index contributed by atoms with van der Waals surface area (Å²) in [4.78, 5) is 0. The highest BCUT2D eigenvalue weighted by molar-refractivity contribution is 5.36. The molecule has 2 N–H and O–H groups in total. The zero-order chi connectivity index (χ0) is 12.3. The van der Waals surface area contributed by atoms with Crippen LogP contribution in [0.25, 0.3) is 0 Å². The second-order valence-corrected chi connectivity index (χ2v) is 5.31. The van der Waals surface area contributed by atoms with Gasteiger partial charge in [-0.2, -0.15) is 0 Å². The molecule has 16 heavy (non-hydrogen) atoms. The van der Waals surface area contributed by atoms with Crippen LogP contribution in [-0.2, 0) is 0 Å². The molecule has 0 aliphatic rings. The number of nitrogens with two attached hydrogens (primary N) is 1. The Morgan fingerprint density at radius 3 is 2.50 bits per heavy atom. The standard InChI is InChI=1S/C14H23NO/c1-10-6-7-11(2)13(8-10)16-14(4,5)9-12(3)15/h6-8,12H,9,15H2,1-5H3.